The average molecular weight is 417 g/mol. The van der Waals surface area contributed by atoms with Crippen LogP contribution in [0, 0.1) is 5.92 Å². The highest BCUT2D eigenvalue weighted by Crippen LogP contribution is 2.24. The summed E-state index contributed by atoms with van der Waals surface area (Å²) >= 11 is 1.45. The Morgan fingerprint density at radius 1 is 1.21 bits per heavy atom. The van der Waals surface area contributed by atoms with Gasteiger partial charge in [0.1, 0.15) is 4.88 Å². The molecular weight excluding hydrogens is 388 g/mol. The minimum atomic E-state index is -0.0602. The number of carbonyl (C=O) groups excluding carboxylic acids is 2. The molecule has 2 aromatic heterocycles. The van der Waals surface area contributed by atoms with Crippen molar-refractivity contribution in [3.05, 3.63) is 33.5 Å². The van der Waals surface area contributed by atoms with Crippen molar-refractivity contribution in [2.45, 2.75) is 32.7 Å². The number of aryl methyl sites for hydroxylation is 2. The number of hydrogen-bond donors (Lipinski definition) is 1. The minimum absolute atomic E-state index is 0.0602. The Labute approximate surface area is 174 Å². The molecule has 4 heterocycles. The van der Waals surface area contributed by atoms with E-state index in [4.69, 9.17) is 0 Å². The molecule has 1 saturated heterocycles. The van der Waals surface area contributed by atoms with Gasteiger partial charge in [0, 0.05) is 39.3 Å². The Bertz CT molecular complexity index is 883. The van der Waals surface area contributed by atoms with Crippen LogP contribution in [0.1, 0.15) is 44.1 Å². The van der Waals surface area contributed by atoms with E-state index in [1.165, 1.54) is 11.3 Å². The predicted octanol–water partition coefficient (Wildman–Crippen LogP) is 1.28. The van der Waals surface area contributed by atoms with Gasteiger partial charge in [0.15, 0.2) is 0 Å². The topological polar surface area (TPSA) is 83.4 Å². The normalized spacial score (nSPS) is 19.8. The summed E-state index contributed by atoms with van der Waals surface area (Å²) in [6.45, 7) is 6.75. The number of nitrogens with one attached hydrogen (secondary N) is 1. The van der Waals surface area contributed by atoms with E-state index in [2.05, 4.69) is 27.3 Å². The second-order valence-corrected chi connectivity index (χ2v) is 8.98. The van der Waals surface area contributed by atoms with Gasteiger partial charge in [-0.1, -0.05) is 6.92 Å². The van der Waals surface area contributed by atoms with Gasteiger partial charge in [0.25, 0.3) is 11.8 Å². The van der Waals surface area contributed by atoms with Crippen LogP contribution >= 0.6 is 11.3 Å². The highest BCUT2D eigenvalue weighted by Gasteiger charge is 2.29. The zero-order valence-electron chi connectivity index (χ0n) is 17.1. The smallest absolute Gasteiger partial charge is 0.263 e. The fourth-order valence-electron chi connectivity index (χ4n) is 3.93. The Balaban J connectivity index is 1.37. The summed E-state index contributed by atoms with van der Waals surface area (Å²) in [7, 11) is 2.08. The van der Waals surface area contributed by atoms with Crippen molar-refractivity contribution in [2.24, 2.45) is 5.92 Å². The summed E-state index contributed by atoms with van der Waals surface area (Å²) in [5.74, 6) is 0.330. The fourth-order valence-corrected chi connectivity index (χ4v) is 4.71. The molecule has 1 fully saturated rings. The number of rotatable bonds is 5. The lowest BCUT2D eigenvalue weighted by molar-refractivity contribution is 0.0661. The summed E-state index contributed by atoms with van der Waals surface area (Å²) in [5.41, 5.74) is 1.73. The quantitative estimate of drug-likeness (QED) is 0.794. The molecule has 2 aliphatic heterocycles. The van der Waals surface area contributed by atoms with Gasteiger partial charge in [-0.25, -0.2) is 4.98 Å². The summed E-state index contributed by atoms with van der Waals surface area (Å²) < 4.78 is 1.96. The SMILES string of the molecule is CCc1ncc(C(=O)NC[C@H]2CCn3ncc(C(=O)N4CCN(C)CC4)c3C2)s1. The number of likely N-dealkylation sites (N-methyl/N-ethyl adjacent to an activating group) is 1. The average Bonchev–Trinajstić information content (AvgIpc) is 3.39. The van der Waals surface area contributed by atoms with Gasteiger partial charge in [-0.3, -0.25) is 14.3 Å². The molecule has 4 rings (SSSR count). The van der Waals surface area contributed by atoms with Crippen LogP contribution < -0.4 is 5.32 Å². The molecule has 8 nitrogen and oxygen atoms in total. The maximum atomic E-state index is 13.0. The van der Waals surface area contributed by atoms with E-state index >= 15 is 0 Å². The van der Waals surface area contributed by atoms with E-state index in [-0.39, 0.29) is 11.8 Å². The van der Waals surface area contributed by atoms with Crippen LogP contribution in [0.3, 0.4) is 0 Å². The molecule has 1 N–H and O–H groups in total. The van der Waals surface area contributed by atoms with Crippen LogP contribution in [-0.2, 0) is 19.4 Å². The van der Waals surface area contributed by atoms with Crippen molar-refractivity contribution in [3.8, 4) is 0 Å². The molecule has 156 valence electrons. The first kappa shape index (κ1) is 20.0. The van der Waals surface area contributed by atoms with Gasteiger partial charge in [-0.05, 0) is 32.2 Å². The van der Waals surface area contributed by atoms with Gasteiger partial charge < -0.3 is 15.1 Å². The van der Waals surface area contributed by atoms with E-state index < -0.39 is 0 Å². The van der Waals surface area contributed by atoms with Crippen molar-refractivity contribution < 1.29 is 9.59 Å². The van der Waals surface area contributed by atoms with Crippen LogP contribution in [0.2, 0.25) is 0 Å². The molecule has 2 aromatic rings. The molecule has 2 amide bonds. The molecule has 0 unspecified atom stereocenters. The van der Waals surface area contributed by atoms with E-state index in [0.717, 1.165) is 68.3 Å². The predicted molar refractivity (Wildman–Crippen MR) is 111 cm³/mol. The number of carbonyl (C=O) groups is 2. The highest BCUT2D eigenvalue weighted by atomic mass is 32.1. The van der Waals surface area contributed by atoms with Gasteiger partial charge in [-0.15, -0.1) is 11.3 Å². The first-order valence-corrected chi connectivity index (χ1v) is 11.1. The summed E-state index contributed by atoms with van der Waals surface area (Å²) in [5, 5.41) is 8.46. The van der Waals surface area contributed by atoms with Crippen molar-refractivity contribution in [1.29, 1.82) is 0 Å². The lowest BCUT2D eigenvalue weighted by Crippen LogP contribution is -2.47. The summed E-state index contributed by atoms with van der Waals surface area (Å²) in [6, 6.07) is 0. The molecule has 0 saturated carbocycles. The van der Waals surface area contributed by atoms with E-state index in [1.54, 1.807) is 12.4 Å². The van der Waals surface area contributed by atoms with Crippen LogP contribution in [0.25, 0.3) is 0 Å². The van der Waals surface area contributed by atoms with Crippen LogP contribution in [0.4, 0.5) is 0 Å². The van der Waals surface area contributed by atoms with Crippen molar-refractivity contribution in [3.63, 3.8) is 0 Å². The molecule has 0 bridgehead atoms. The number of piperazine rings is 1. The zero-order valence-corrected chi connectivity index (χ0v) is 17.9. The zero-order chi connectivity index (χ0) is 20.4. The van der Waals surface area contributed by atoms with Crippen molar-refractivity contribution in [2.75, 3.05) is 39.8 Å². The van der Waals surface area contributed by atoms with Gasteiger partial charge in [-0.2, -0.15) is 5.10 Å². The number of nitrogens with zero attached hydrogens (tertiary/aromatic N) is 5. The van der Waals surface area contributed by atoms with E-state index in [1.807, 2.05) is 16.5 Å². The molecule has 1 atom stereocenters. The third-order valence-corrected chi connectivity index (χ3v) is 6.97. The third kappa shape index (κ3) is 4.35. The summed E-state index contributed by atoms with van der Waals surface area (Å²) in [6.07, 6.45) is 5.93. The maximum Gasteiger partial charge on any atom is 0.263 e. The Morgan fingerprint density at radius 2 is 2.00 bits per heavy atom. The molecular formula is C20H28N6O2S. The molecule has 9 heteroatoms. The van der Waals surface area contributed by atoms with Crippen molar-refractivity contribution >= 4 is 23.2 Å². The molecule has 0 aromatic carbocycles. The third-order valence-electron chi connectivity index (χ3n) is 5.83. The Morgan fingerprint density at radius 3 is 2.72 bits per heavy atom. The molecule has 0 radical (unpaired) electrons. The van der Waals surface area contributed by atoms with Crippen LogP contribution in [0.15, 0.2) is 12.4 Å². The first-order chi connectivity index (χ1) is 14.0. The number of aromatic nitrogens is 3. The molecule has 0 aliphatic carbocycles. The fraction of sp³-hybridized carbons (Fsp3) is 0.600. The van der Waals surface area contributed by atoms with E-state index in [0.29, 0.717) is 17.3 Å². The second-order valence-electron chi connectivity index (χ2n) is 7.86. The van der Waals surface area contributed by atoms with Crippen molar-refractivity contribution in [1.82, 2.24) is 29.9 Å². The monoisotopic (exact) mass is 416 g/mol. The van der Waals surface area contributed by atoms with Crippen LogP contribution in [0.5, 0.6) is 0 Å². The highest BCUT2D eigenvalue weighted by molar-refractivity contribution is 7.13. The Hall–Kier alpha value is -2.26. The number of fused-ring (bicyclic) bond motifs is 1. The number of hydrogen-bond acceptors (Lipinski definition) is 6. The lowest BCUT2D eigenvalue weighted by Gasteiger charge is -2.32. The molecule has 29 heavy (non-hydrogen) atoms. The van der Waals surface area contributed by atoms with Gasteiger partial charge in [0.2, 0.25) is 0 Å². The van der Waals surface area contributed by atoms with E-state index in [9.17, 15) is 9.59 Å². The first-order valence-electron chi connectivity index (χ1n) is 10.3. The van der Waals surface area contributed by atoms with Gasteiger partial charge in [0.05, 0.1) is 28.7 Å². The lowest BCUT2D eigenvalue weighted by atomic mass is 9.94. The summed E-state index contributed by atoms with van der Waals surface area (Å²) in [4.78, 5) is 34.5. The molecule has 2 aliphatic rings. The Kier molecular flexibility index (Phi) is 5.96. The number of thiazole rings is 1. The standard InChI is InChI=1S/C20H28N6O2S/c1-3-18-21-13-17(29-18)19(27)22-11-14-4-5-26-16(10-14)15(12-23-26)20(28)25-8-6-24(2)7-9-25/h12-14H,3-11H2,1-2H3,(H,22,27)/t14-/m0/s1. The number of amides is 2. The molecule has 0 spiro atoms. The maximum absolute atomic E-state index is 13.0. The second kappa shape index (κ2) is 8.62. The minimum Gasteiger partial charge on any atom is -0.351 e. The van der Waals surface area contributed by atoms with Crippen LogP contribution in [-0.4, -0.2) is 76.2 Å². The van der Waals surface area contributed by atoms with Gasteiger partial charge >= 0.3 is 0 Å². The largest absolute Gasteiger partial charge is 0.351 e.